The lowest BCUT2D eigenvalue weighted by molar-refractivity contribution is -0.554. The van der Waals surface area contributed by atoms with Gasteiger partial charge in [0, 0.05) is 0 Å². The molecule has 0 saturated carbocycles. The summed E-state index contributed by atoms with van der Waals surface area (Å²) in [6.45, 7) is -3.15. The first kappa shape index (κ1) is 26.6. The topological polar surface area (TPSA) is 202 Å². The zero-order valence-corrected chi connectivity index (χ0v) is 15.8. The Kier molecular flexibility index (Phi) is 14.3. The van der Waals surface area contributed by atoms with E-state index in [2.05, 4.69) is 0 Å². The highest BCUT2D eigenvalue weighted by molar-refractivity contribution is 4.92. The number of rotatable bonds is 17. The van der Waals surface area contributed by atoms with Crippen molar-refractivity contribution < 1.29 is 39.3 Å². The second-order valence-corrected chi connectivity index (χ2v) is 5.49. The number of aliphatic hydroxyl groups excluding tert-OH is 3. The second-order valence-electron chi connectivity index (χ2n) is 5.49. The summed E-state index contributed by atoms with van der Waals surface area (Å²) in [5.74, 6) is -2.51. The zero-order chi connectivity index (χ0) is 22.0. The highest BCUT2D eigenvalue weighted by atomic mass is 17.3. The third-order valence-electron chi connectivity index (χ3n) is 3.61. The van der Waals surface area contributed by atoms with E-state index < -0.39 is 30.9 Å². The molecule has 1 atom stereocenters. The zero-order valence-electron chi connectivity index (χ0n) is 15.8. The molecule has 0 aromatic heterocycles. The maximum Gasteiger partial charge on any atom is 0.327 e. The number of hydrogen-bond donors (Lipinski definition) is 3. The second kappa shape index (κ2) is 15.5. The molecular formula is C17H24N4O8. The van der Waals surface area contributed by atoms with E-state index in [0.717, 1.165) is 0 Å². The van der Waals surface area contributed by atoms with Crippen molar-refractivity contribution in [2.75, 3.05) is 39.6 Å². The molecule has 0 heterocycles. The summed E-state index contributed by atoms with van der Waals surface area (Å²) in [6, 6.07) is 7.24. The van der Waals surface area contributed by atoms with Gasteiger partial charge in [0.05, 0.1) is 89.6 Å². The summed E-state index contributed by atoms with van der Waals surface area (Å²) in [7, 11) is 0. The van der Waals surface area contributed by atoms with Crippen LogP contribution in [0, 0.1) is 50.7 Å². The number of ether oxygens (including phenoxy) is 3. The van der Waals surface area contributed by atoms with Gasteiger partial charge in [-0.15, -0.1) is 0 Å². The van der Waals surface area contributed by atoms with Gasteiger partial charge in [-0.05, 0) is 0 Å². The third-order valence-corrected chi connectivity index (χ3v) is 3.61. The normalized spacial score (nSPS) is 12.4. The Labute approximate surface area is 168 Å². The summed E-state index contributed by atoms with van der Waals surface area (Å²) in [5.41, 5.74) is -2.21. The van der Waals surface area contributed by atoms with Crippen LogP contribution in [0.4, 0.5) is 0 Å². The monoisotopic (exact) mass is 412 g/mol. The lowest BCUT2D eigenvalue weighted by Gasteiger charge is -2.46. The molecule has 0 spiro atoms. The number of hydrogen-bond acceptors (Lipinski definition) is 12. The van der Waals surface area contributed by atoms with Crippen LogP contribution in [0.1, 0.15) is 25.7 Å². The van der Waals surface area contributed by atoms with Crippen LogP contribution < -0.4 is 0 Å². The average Bonchev–Trinajstić information content (AvgIpc) is 2.73. The van der Waals surface area contributed by atoms with Crippen molar-refractivity contribution in [2.45, 2.75) is 37.9 Å². The Hall–Kier alpha value is -2.36. The lowest BCUT2D eigenvalue weighted by Crippen LogP contribution is -2.64. The molecule has 0 bridgehead atoms. The molecule has 12 heteroatoms. The number of nitriles is 4. The molecule has 0 fully saturated rings. The predicted octanol–water partition coefficient (Wildman–Crippen LogP) is -0.418. The first-order valence-electron chi connectivity index (χ1n) is 8.61. The van der Waals surface area contributed by atoms with Crippen molar-refractivity contribution in [1.29, 1.82) is 21.0 Å². The summed E-state index contributed by atoms with van der Waals surface area (Å²) >= 11 is 0. The summed E-state index contributed by atoms with van der Waals surface area (Å²) in [4.78, 5) is 10.1. The maximum atomic E-state index is 10.5. The van der Waals surface area contributed by atoms with Crippen LogP contribution in [-0.4, -0.2) is 67.2 Å². The van der Waals surface area contributed by atoms with Crippen LogP contribution in [0.3, 0.4) is 0 Å². The van der Waals surface area contributed by atoms with E-state index >= 15 is 0 Å². The van der Waals surface area contributed by atoms with Gasteiger partial charge in [-0.1, -0.05) is 0 Å². The van der Waals surface area contributed by atoms with E-state index in [-0.39, 0.29) is 52.1 Å². The summed E-state index contributed by atoms with van der Waals surface area (Å²) in [5, 5.41) is 65.3. The Bertz CT molecular complexity index is 595. The van der Waals surface area contributed by atoms with Gasteiger partial charge in [-0.2, -0.15) is 25.9 Å². The smallest absolute Gasteiger partial charge is 0.327 e. The minimum absolute atomic E-state index is 0.0844. The Morgan fingerprint density at radius 1 is 0.724 bits per heavy atom. The van der Waals surface area contributed by atoms with Gasteiger partial charge in [0.1, 0.15) is 0 Å². The van der Waals surface area contributed by atoms with E-state index in [4.69, 9.17) is 45.0 Å². The molecular weight excluding hydrogens is 388 g/mol. The largest absolute Gasteiger partial charge is 0.395 e. The summed E-state index contributed by atoms with van der Waals surface area (Å²) < 4.78 is 16.0. The van der Waals surface area contributed by atoms with Crippen molar-refractivity contribution in [1.82, 2.24) is 0 Å². The quantitative estimate of drug-likeness (QED) is 0.121. The fourth-order valence-corrected chi connectivity index (χ4v) is 2.06. The summed E-state index contributed by atoms with van der Waals surface area (Å²) in [6.07, 6.45) is -2.44. The minimum Gasteiger partial charge on any atom is -0.395 e. The molecule has 160 valence electrons. The molecule has 0 aliphatic carbocycles. The van der Waals surface area contributed by atoms with Crippen molar-refractivity contribution in [2.24, 2.45) is 5.41 Å². The molecule has 0 rings (SSSR count). The molecule has 0 amide bonds. The van der Waals surface area contributed by atoms with E-state index in [1.807, 2.05) is 12.1 Å². The van der Waals surface area contributed by atoms with Gasteiger partial charge < -0.3 is 29.5 Å². The van der Waals surface area contributed by atoms with Gasteiger partial charge in [0.25, 0.3) is 0 Å². The first-order valence-corrected chi connectivity index (χ1v) is 8.61. The molecule has 0 radical (unpaired) electrons. The van der Waals surface area contributed by atoms with Crippen LogP contribution in [0.5, 0.6) is 0 Å². The lowest BCUT2D eigenvalue weighted by atomic mass is 9.85. The highest BCUT2D eigenvalue weighted by Crippen LogP contribution is 2.41. The van der Waals surface area contributed by atoms with Gasteiger partial charge in [-0.3, -0.25) is 0 Å². The number of nitrogens with zero attached hydrogens (tertiary/aromatic N) is 4. The Morgan fingerprint density at radius 2 is 1.17 bits per heavy atom. The molecule has 1 unspecified atom stereocenters. The number of aliphatic hydroxyl groups is 3. The first-order chi connectivity index (χ1) is 14.0. The van der Waals surface area contributed by atoms with E-state index in [9.17, 15) is 15.3 Å². The molecule has 12 nitrogen and oxygen atoms in total. The predicted molar refractivity (Wildman–Crippen MR) is 91.2 cm³/mol. The molecule has 0 aliphatic heterocycles. The van der Waals surface area contributed by atoms with Gasteiger partial charge >= 0.3 is 5.97 Å². The van der Waals surface area contributed by atoms with Crippen molar-refractivity contribution in [3.05, 3.63) is 0 Å². The molecule has 0 saturated heterocycles. The molecule has 0 aromatic carbocycles. The third kappa shape index (κ3) is 7.88. The molecule has 0 aromatic rings. The van der Waals surface area contributed by atoms with Gasteiger partial charge in [0.2, 0.25) is 0 Å². The van der Waals surface area contributed by atoms with Crippen LogP contribution in [-0.2, 0) is 24.0 Å². The van der Waals surface area contributed by atoms with E-state index in [0.29, 0.717) is 0 Å². The molecule has 29 heavy (non-hydrogen) atoms. The van der Waals surface area contributed by atoms with Gasteiger partial charge in [-0.25, -0.2) is 4.89 Å². The Balaban J connectivity index is 5.97. The fourth-order valence-electron chi connectivity index (χ4n) is 2.06. The van der Waals surface area contributed by atoms with Crippen molar-refractivity contribution >= 4 is 0 Å². The van der Waals surface area contributed by atoms with Crippen LogP contribution in [0.2, 0.25) is 0 Å². The minimum atomic E-state index is -2.51. The van der Waals surface area contributed by atoms with Crippen LogP contribution in [0.25, 0.3) is 0 Å². The standard InChI is InChI=1S/C17H24N4O8/c18-5-1-9-25-15(24)16(13-22,14-23)17(26-10-2-6-19,27-11-3-7-20)29-28-12-4-8-21/h15,22-24H,1-4,9-14H2. The van der Waals surface area contributed by atoms with E-state index in [1.54, 1.807) is 12.1 Å². The van der Waals surface area contributed by atoms with Gasteiger partial charge in [0.15, 0.2) is 11.7 Å². The Morgan fingerprint density at radius 3 is 1.62 bits per heavy atom. The molecule has 0 aliphatic rings. The fraction of sp³-hybridized carbons (Fsp3) is 0.765. The van der Waals surface area contributed by atoms with Crippen LogP contribution in [0.15, 0.2) is 0 Å². The SMILES string of the molecule is N#CCCOOC(OCCC#N)(OCCC#N)C(CO)(CO)C(O)OCCC#N. The van der Waals surface area contributed by atoms with E-state index in [1.165, 1.54) is 0 Å². The van der Waals surface area contributed by atoms with Crippen molar-refractivity contribution in [3.63, 3.8) is 0 Å². The molecule has 3 N–H and O–H groups in total. The van der Waals surface area contributed by atoms with Crippen molar-refractivity contribution in [3.8, 4) is 24.3 Å². The maximum absolute atomic E-state index is 10.5. The highest BCUT2D eigenvalue weighted by Gasteiger charge is 2.62. The van der Waals surface area contributed by atoms with Crippen LogP contribution >= 0.6 is 0 Å². The average molecular weight is 412 g/mol.